The Morgan fingerprint density at radius 3 is 1.64 bits per heavy atom. The van der Waals surface area contributed by atoms with E-state index in [-0.39, 0.29) is 5.82 Å². The smallest absolute Gasteiger partial charge is 0.170 e. The molecule has 0 spiro atoms. The summed E-state index contributed by atoms with van der Waals surface area (Å²) in [6.45, 7) is 14.0. The van der Waals surface area contributed by atoms with Crippen LogP contribution in [0.15, 0.2) is 168 Å². The molecule has 4 heterocycles. The molecule has 0 fully saturated rings. The first kappa shape index (κ1) is 51.6. The van der Waals surface area contributed by atoms with Gasteiger partial charge in [-0.15, -0.1) is 0 Å². The van der Waals surface area contributed by atoms with Gasteiger partial charge in [-0.3, -0.25) is 0 Å². The fourth-order valence-electron chi connectivity index (χ4n) is 8.11. The van der Waals surface area contributed by atoms with E-state index in [9.17, 15) is 4.39 Å². The van der Waals surface area contributed by atoms with Gasteiger partial charge in [0.2, 0.25) is 0 Å². The summed E-state index contributed by atoms with van der Waals surface area (Å²) in [5, 5.41) is 27.2. The number of oxime groups is 2. The topological polar surface area (TPSA) is 144 Å². The van der Waals surface area contributed by atoms with Crippen LogP contribution in [0.5, 0.6) is 0 Å². The molecule has 9 aromatic rings. The van der Waals surface area contributed by atoms with Crippen molar-refractivity contribution in [2.24, 2.45) is 21.8 Å². The van der Waals surface area contributed by atoms with Gasteiger partial charge in [-0.25, -0.2) is 9.37 Å². The summed E-state index contributed by atoms with van der Waals surface area (Å²) in [6, 6.07) is 54.2. The standard InChI is InChI=1S/C12H9N.C11H9Cl.C11H9F.2C9H10N2O.C9H12N2/c1-9-6-10-4-2-3-5-11(10)7-12(9)8-13;1-8-2-3-10-7-11(12)5-4-9(10)6-8;1-8-6-9-4-2-3-5-10(9)7-11(8)12;2*1-6-2-3-7-5-12-11-9(10)8(7)4-6;1-7-4-5-8-3-2-6-10-9(8)11-7/h2-7H,1H3;2*2-7H,1H3;2*2-4H,5H2,1H3,(H2,10,11);4-5H,2-3,6H2,1H3,(H,10,11). The highest BCUT2D eigenvalue weighted by atomic mass is 35.5. The number of aryl methyl sites for hydroxylation is 7. The highest BCUT2D eigenvalue weighted by molar-refractivity contribution is 6.31. The summed E-state index contributed by atoms with van der Waals surface area (Å²) >= 11 is 5.86. The molecular formula is C61H59ClFN7O2. The predicted molar refractivity (Wildman–Crippen MR) is 295 cm³/mol. The van der Waals surface area contributed by atoms with E-state index < -0.39 is 0 Å². The molecule has 0 saturated carbocycles. The first-order valence-electron chi connectivity index (χ1n) is 23.8. The Morgan fingerprint density at radius 2 is 1.04 bits per heavy atom. The maximum Gasteiger partial charge on any atom is 0.170 e. The van der Waals surface area contributed by atoms with Crippen LogP contribution in [0, 0.1) is 58.7 Å². The number of pyridine rings is 1. The second-order valence-electron chi connectivity index (χ2n) is 17.9. The fourth-order valence-corrected chi connectivity index (χ4v) is 8.29. The number of nitrogens with zero attached hydrogens (tertiary/aromatic N) is 4. The Balaban J connectivity index is 0.000000127. The highest BCUT2D eigenvalue weighted by Crippen LogP contribution is 2.23. The maximum atomic E-state index is 13.0. The van der Waals surface area contributed by atoms with Crippen molar-refractivity contribution in [3.63, 3.8) is 0 Å². The predicted octanol–water partition coefficient (Wildman–Crippen LogP) is 14.1. The second-order valence-corrected chi connectivity index (χ2v) is 18.3. The van der Waals surface area contributed by atoms with Gasteiger partial charge < -0.3 is 26.5 Å². The number of amidine groups is 2. The van der Waals surface area contributed by atoms with Crippen molar-refractivity contribution in [3.05, 3.63) is 235 Å². The van der Waals surface area contributed by atoms with Crippen molar-refractivity contribution in [1.29, 1.82) is 5.26 Å². The molecule has 0 unspecified atom stereocenters. The summed E-state index contributed by atoms with van der Waals surface area (Å²) in [7, 11) is 0. The van der Waals surface area contributed by atoms with Crippen LogP contribution in [0.3, 0.4) is 0 Å². The van der Waals surface area contributed by atoms with Gasteiger partial charge in [0.1, 0.15) is 24.8 Å². The van der Waals surface area contributed by atoms with Crippen molar-refractivity contribution in [2.45, 2.75) is 67.6 Å². The van der Waals surface area contributed by atoms with E-state index in [1.165, 1.54) is 51.3 Å². The number of rotatable bonds is 0. The van der Waals surface area contributed by atoms with Crippen molar-refractivity contribution < 1.29 is 14.1 Å². The third-order valence-electron chi connectivity index (χ3n) is 12.1. The Kier molecular flexibility index (Phi) is 17.6. The molecule has 72 heavy (non-hydrogen) atoms. The minimum absolute atomic E-state index is 0.131. The van der Waals surface area contributed by atoms with E-state index >= 15 is 0 Å². The molecule has 364 valence electrons. The zero-order valence-electron chi connectivity index (χ0n) is 41.6. The number of anilines is 1. The fraction of sp³-hybridized carbons (Fsp3) is 0.180. The SMILES string of the molecule is Cc1cc2ccccc2cc1C#N.Cc1cc2ccccc2cc1F.Cc1ccc2c(c1)C(N)=NOC2.Cc1ccc2c(c1)C(N)=NOC2.Cc1ccc2c(n1)NCCC2.Cc1ccc2cc(Cl)ccc2c1. The van der Waals surface area contributed by atoms with Crippen molar-refractivity contribution in [3.8, 4) is 6.07 Å². The molecule has 0 aliphatic carbocycles. The number of halogens is 2. The van der Waals surface area contributed by atoms with Crippen molar-refractivity contribution in [2.75, 3.05) is 11.9 Å². The summed E-state index contributed by atoms with van der Waals surface area (Å²) in [6.07, 6.45) is 2.41. The average Bonchev–Trinajstić information content (AvgIpc) is 3.38. The Morgan fingerprint density at radius 1 is 0.556 bits per heavy atom. The molecule has 0 radical (unpaired) electrons. The van der Waals surface area contributed by atoms with Crippen molar-refractivity contribution >= 4 is 61.4 Å². The number of nitriles is 1. The van der Waals surface area contributed by atoms with E-state index in [4.69, 9.17) is 38.0 Å². The highest BCUT2D eigenvalue weighted by Gasteiger charge is 2.13. The molecule has 8 aromatic carbocycles. The van der Waals surface area contributed by atoms with Gasteiger partial charge in [-0.05, 0) is 152 Å². The van der Waals surface area contributed by atoms with Crippen LogP contribution in [-0.2, 0) is 29.3 Å². The lowest BCUT2D eigenvalue weighted by atomic mass is 10.0. The van der Waals surface area contributed by atoms with E-state index in [0.717, 1.165) is 72.6 Å². The number of hydrogen-bond acceptors (Lipinski definition) is 9. The third-order valence-corrected chi connectivity index (χ3v) is 12.3. The number of nitrogens with two attached hydrogens (primary N) is 2. The normalized spacial score (nSPS) is 12.5. The van der Waals surface area contributed by atoms with Gasteiger partial charge in [0.05, 0.1) is 11.6 Å². The Hall–Kier alpha value is -8.26. The molecule has 1 aromatic heterocycles. The largest absolute Gasteiger partial charge is 0.389 e. The first-order valence-corrected chi connectivity index (χ1v) is 24.1. The monoisotopic (exact) mass is 975 g/mol. The van der Waals surface area contributed by atoms with Crippen molar-refractivity contribution in [1.82, 2.24) is 4.98 Å². The van der Waals surface area contributed by atoms with Crippen LogP contribution in [-0.4, -0.2) is 23.2 Å². The molecular weight excluding hydrogens is 917 g/mol. The summed E-state index contributed by atoms with van der Waals surface area (Å²) in [5.74, 6) is 1.91. The minimum Gasteiger partial charge on any atom is -0.389 e. The summed E-state index contributed by atoms with van der Waals surface area (Å²) < 4.78 is 13.0. The molecule has 5 N–H and O–H groups in total. The zero-order valence-corrected chi connectivity index (χ0v) is 42.3. The molecule has 0 amide bonds. The van der Waals surface area contributed by atoms with Gasteiger partial charge in [-0.2, -0.15) is 5.26 Å². The number of hydrogen-bond donors (Lipinski definition) is 3. The van der Waals surface area contributed by atoms with Crippen LogP contribution < -0.4 is 16.8 Å². The van der Waals surface area contributed by atoms with Crippen LogP contribution in [0.2, 0.25) is 5.02 Å². The summed E-state index contributed by atoms with van der Waals surface area (Å²) in [5.41, 5.74) is 24.1. The van der Waals surface area contributed by atoms with Crippen LogP contribution in [0.25, 0.3) is 32.3 Å². The molecule has 0 atom stereocenters. The van der Waals surface area contributed by atoms with Gasteiger partial charge >= 0.3 is 0 Å². The molecule has 3 aliphatic rings. The number of nitrogens with one attached hydrogen (secondary N) is 1. The van der Waals surface area contributed by atoms with Crippen LogP contribution in [0.4, 0.5) is 10.2 Å². The molecule has 12 rings (SSSR count). The van der Waals surface area contributed by atoms with Gasteiger partial charge in [0.15, 0.2) is 11.7 Å². The van der Waals surface area contributed by atoms with Gasteiger partial charge in [0.25, 0.3) is 0 Å². The quantitative estimate of drug-likeness (QED) is 0.137. The number of fused-ring (bicyclic) bond motifs is 6. The van der Waals surface area contributed by atoms with E-state index in [0.29, 0.717) is 30.4 Å². The van der Waals surface area contributed by atoms with Gasteiger partial charge in [-0.1, -0.05) is 148 Å². The number of aromatic nitrogens is 1. The zero-order chi connectivity index (χ0) is 51.1. The molecule has 0 bridgehead atoms. The van der Waals surface area contributed by atoms with Gasteiger partial charge in [0, 0.05) is 39.5 Å². The lowest BCUT2D eigenvalue weighted by Gasteiger charge is -2.16. The average molecular weight is 977 g/mol. The lowest BCUT2D eigenvalue weighted by molar-refractivity contribution is 0.125. The summed E-state index contributed by atoms with van der Waals surface area (Å²) in [4.78, 5) is 14.2. The molecule has 9 nitrogen and oxygen atoms in total. The molecule has 11 heteroatoms. The first-order chi connectivity index (χ1) is 34.7. The van der Waals surface area contributed by atoms with E-state index in [1.807, 2.05) is 143 Å². The number of benzene rings is 8. The third kappa shape index (κ3) is 14.0. The maximum absolute atomic E-state index is 13.0. The lowest BCUT2D eigenvalue weighted by Crippen LogP contribution is -2.20. The van der Waals surface area contributed by atoms with E-state index in [2.05, 4.69) is 70.0 Å². The Bertz CT molecular complexity index is 3320. The van der Waals surface area contributed by atoms with E-state index in [1.54, 1.807) is 13.0 Å². The van der Waals surface area contributed by atoms with Crippen LogP contribution in [0.1, 0.15) is 73.3 Å². The second kappa shape index (κ2) is 24.5. The molecule has 3 aliphatic heterocycles. The van der Waals surface area contributed by atoms with Crippen LogP contribution >= 0.6 is 11.6 Å². The molecule has 0 saturated heterocycles. The minimum atomic E-state index is -0.131. The Labute approximate surface area is 426 Å².